The van der Waals surface area contributed by atoms with Gasteiger partial charge in [-0.1, -0.05) is 0 Å². The van der Waals surface area contributed by atoms with E-state index in [2.05, 4.69) is 0 Å². The van der Waals surface area contributed by atoms with Gasteiger partial charge in [-0.2, -0.15) is 0 Å². The van der Waals surface area contributed by atoms with Gasteiger partial charge in [-0.3, -0.25) is 4.79 Å². The molecule has 0 radical (unpaired) electrons. The maximum Gasteiger partial charge on any atom is 0.203 e. The van der Waals surface area contributed by atoms with Crippen molar-refractivity contribution < 1.29 is 9.52 Å². The SMILES string of the molecule is Cc1c(O)ccc2c(=O)c3c(oc12)N(C)CC3. The van der Waals surface area contributed by atoms with Gasteiger partial charge in [-0.05, 0) is 25.5 Å². The number of nitrogens with zero attached hydrogens (tertiary/aromatic N) is 1. The van der Waals surface area contributed by atoms with E-state index in [1.807, 2.05) is 11.9 Å². The van der Waals surface area contributed by atoms with Crippen molar-refractivity contribution in [2.45, 2.75) is 13.3 Å². The Morgan fingerprint density at radius 1 is 1.41 bits per heavy atom. The normalized spacial score (nSPS) is 14.4. The molecule has 0 saturated heterocycles. The van der Waals surface area contributed by atoms with Crippen LogP contribution < -0.4 is 10.3 Å². The number of rotatable bonds is 0. The standard InChI is InChI=1S/C13H13NO3/c1-7-10(15)4-3-8-11(16)9-5-6-14(2)13(9)17-12(7)8/h3-4,15H,5-6H2,1-2H3. The Morgan fingerprint density at radius 2 is 2.18 bits per heavy atom. The van der Waals surface area contributed by atoms with Crippen molar-refractivity contribution in [1.29, 1.82) is 0 Å². The van der Waals surface area contributed by atoms with Crippen LogP contribution in [0.3, 0.4) is 0 Å². The number of benzene rings is 1. The lowest BCUT2D eigenvalue weighted by Crippen LogP contribution is -2.13. The Balaban J connectivity index is 2.48. The fraction of sp³-hybridized carbons (Fsp3) is 0.308. The van der Waals surface area contributed by atoms with E-state index in [1.54, 1.807) is 19.1 Å². The Hall–Kier alpha value is -1.97. The topological polar surface area (TPSA) is 53.7 Å². The molecule has 2 aromatic rings. The van der Waals surface area contributed by atoms with Crippen molar-refractivity contribution in [3.05, 3.63) is 33.5 Å². The highest BCUT2D eigenvalue weighted by Gasteiger charge is 2.24. The molecule has 0 aliphatic carbocycles. The molecular formula is C13H13NO3. The summed E-state index contributed by atoms with van der Waals surface area (Å²) in [7, 11) is 1.90. The summed E-state index contributed by atoms with van der Waals surface area (Å²) in [5.41, 5.74) is 1.86. The van der Waals surface area contributed by atoms with Gasteiger partial charge in [0.1, 0.15) is 11.3 Å². The Kier molecular flexibility index (Phi) is 1.96. The second-order valence-electron chi connectivity index (χ2n) is 4.47. The summed E-state index contributed by atoms with van der Waals surface area (Å²) in [5, 5.41) is 10.2. The highest BCUT2D eigenvalue weighted by Crippen LogP contribution is 2.31. The fourth-order valence-electron chi connectivity index (χ4n) is 2.32. The van der Waals surface area contributed by atoms with Crippen LogP contribution in [0.25, 0.3) is 11.0 Å². The number of aromatic hydroxyl groups is 1. The summed E-state index contributed by atoms with van der Waals surface area (Å²) in [6.07, 6.45) is 0.726. The molecule has 0 spiro atoms. The molecule has 1 aromatic carbocycles. The summed E-state index contributed by atoms with van der Waals surface area (Å²) in [6.45, 7) is 2.55. The van der Waals surface area contributed by atoms with Gasteiger partial charge in [-0.25, -0.2) is 0 Å². The van der Waals surface area contributed by atoms with E-state index < -0.39 is 0 Å². The second-order valence-corrected chi connectivity index (χ2v) is 4.47. The zero-order valence-corrected chi connectivity index (χ0v) is 9.78. The lowest BCUT2D eigenvalue weighted by Gasteiger charge is -2.11. The van der Waals surface area contributed by atoms with E-state index >= 15 is 0 Å². The molecule has 1 aliphatic heterocycles. The maximum atomic E-state index is 12.3. The van der Waals surface area contributed by atoms with Crippen LogP contribution in [0.5, 0.6) is 5.75 Å². The van der Waals surface area contributed by atoms with E-state index in [9.17, 15) is 9.90 Å². The van der Waals surface area contributed by atoms with Crippen LogP contribution in [-0.4, -0.2) is 18.7 Å². The average Bonchev–Trinajstić information content (AvgIpc) is 2.67. The number of likely N-dealkylation sites (N-methyl/N-ethyl adjacent to an activating group) is 1. The predicted octanol–water partition coefficient (Wildman–Crippen LogP) is 1.80. The third-order valence-electron chi connectivity index (χ3n) is 3.40. The van der Waals surface area contributed by atoms with Crippen LogP contribution >= 0.6 is 0 Å². The lowest BCUT2D eigenvalue weighted by atomic mass is 10.1. The van der Waals surface area contributed by atoms with E-state index in [4.69, 9.17) is 4.42 Å². The molecule has 0 bridgehead atoms. The second kappa shape index (κ2) is 3.26. The van der Waals surface area contributed by atoms with Crippen molar-refractivity contribution in [2.75, 3.05) is 18.5 Å². The maximum absolute atomic E-state index is 12.3. The van der Waals surface area contributed by atoms with E-state index in [1.165, 1.54) is 0 Å². The largest absolute Gasteiger partial charge is 0.508 e. The van der Waals surface area contributed by atoms with Gasteiger partial charge < -0.3 is 14.4 Å². The van der Waals surface area contributed by atoms with Crippen molar-refractivity contribution in [1.82, 2.24) is 0 Å². The van der Waals surface area contributed by atoms with Gasteiger partial charge in [-0.15, -0.1) is 0 Å². The fourth-order valence-corrected chi connectivity index (χ4v) is 2.32. The number of hydrogen-bond acceptors (Lipinski definition) is 4. The number of hydrogen-bond donors (Lipinski definition) is 1. The first-order chi connectivity index (χ1) is 8.09. The van der Waals surface area contributed by atoms with Crippen LogP contribution in [0.4, 0.5) is 5.88 Å². The molecule has 4 nitrogen and oxygen atoms in total. The first-order valence-corrected chi connectivity index (χ1v) is 5.59. The van der Waals surface area contributed by atoms with Gasteiger partial charge in [0, 0.05) is 19.2 Å². The number of anilines is 1. The summed E-state index contributed by atoms with van der Waals surface area (Å²) in [6, 6.07) is 3.17. The molecule has 2 heterocycles. The minimum Gasteiger partial charge on any atom is -0.508 e. The first kappa shape index (κ1) is 10.2. The van der Waals surface area contributed by atoms with Gasteiger partial charge in [0.2, 0.25) is 5.88 Å². The van der Waals surface area contributed by atoms with Crippen molar-refractivity contribution in [3.63, 3.8) is 0 Å². The van der Waals surface area contributed by atoms with E-state index in [0.29, 0.717) is 22.4 Å². The zero-order chi connectivity index (χ0) is 12.2. The predicted molar refractivity (Wildman–Crippen MR) is 65.9 cm³/mol. The quantitative estimate of drug-likeness (QED) is 0.751. The molecule has 1 aliphatic rings. The van der Waals surface area contributed by atoms with Crippen LogP contribution in [0.15, 0.2) is 21.3 Å². The molecule has 0 saturated carbocycles. The van der Waals surface area contributed by atoms with Gasteiger partial charge in [0.15, 0.2) is 5.43 Å². The van der Waals surface area contributed by atoms with Gasteiger partial charge in [0.25, 0.3) is 0 Å². The van der Waals surface area contributed by atoms with E-state index in [-0.39, 0.29) is 11.2 Å². The molecule has 1 aromatic heterocycles. The molecule has 0 atom stereocenters. The van der Waals surface area contributed by atoms with Crippen molar-refractivity contribution in [3.8, 4) is 5.75 Å². The summed E-state index contributed by atoms with van der Waals surface area (Å²) >= 11 is 0. The summed E-state index contributed by atoms with van der Waals surface area (Å²) in [4.78, 5) is 14.2. The molecule has 17 heavy (non-hydrogen) atoms. The van der Waals surface area contributed by atoms with Crippen molar-refractivity contribution >= 4 is 16.9 Å². The molecule has 3 rings (SSSR count). The Labute approximate surface area is 98.1 Å². The van der Waals surface area contributed by atoms with Crippen LogP contribution in [0.2, 0.25) is 0 Å². The molecule has 0 fully saturated rings. The third kappa shape index (κ3) is 1.27. The summed E-state index contributed by atoms with van der Waals surface area (Å²) < 4.78 is 5.77. The lowest BCUT2D eigenvalue weighted by molar-refractivity contribution is 0.469. The Morgan fingerprint density at radius 3 is 2.94 bits per heavy atom. The average molecular weight is 231 g/mol. The minimum absolute atomic E-state index is 0.0219. The molecular weight excluding hydrogens is 218 g/mol. The molecule has 0 unspecified atom stereocenters. The Bertz CT molecular complexity index is 672. The molecule has 0 amide bonds. The molecule has 88 valence electrons. The highest BCUT2D eigenvalue weighted by molar-refractivity contribution is 5.84. The first-order valence-electron chi connectivity index (χ1n) is 5.59. The number of aryl methyl sites for hydroxylation is 1. The smallest absolute Gasteiger partial charge is 0.203 e. The van der Waals surface area contributed by atoms with Crippen molar-refractivity contribution in [2.24, 2.45) is 0 Å². The monoisotopic (exact) mass is 231 g/mol. The van der Waals surface area contributed by atoms with Gasteiger partial charge in [0.05, 0.1) is 10.9 Å². The van der Waals surface area contributed by atoms with Crippen LogP contribution in [-0.2, 0) is 6.42 Å². The van der Waals surface area contributed by atoms with Crippen LogP contribution in [0, 0.1) is 6.92 Å². The molecule has 4 heteroatoms. The highest BCUT2D eigenvalue weighted by atomic mass is 16.4. The summed E-state index contributed by atoms with van der Waals surface area (Å²) in [5.74, 6) is 0.789. The zero-order valence-electron chi connectivity index (χ0n) is 9.78. The number of phenols is 1. The van der Waals surface area contributed by atoms with Crippen LogP contribution in [0.1, 0.15) is 11.1 Å². The third-order valence-corrected chi connectivity index (χ3v) is 3.40. The number of fused-ring (bicyclic) bond motifs is 2. The van der Waals surface area contributed by atoms with E-state index in [0.717, 1.165) is 18.5 Å². The van der Waals surface area contributed by atoms with Gasteiger partial charge >= 0.3 is 0 Å². The molecule has 1 N–H and O–H groups in total. The number of phenolic OH excluding ortho intramolecular Hbond substituents is 1. The minimum atomic E-state index is 0.0219.